The van der Waals surface area contributed by atoms with E-state index in [9.17, 15) is 0 Å². The van der Waals surface area contributed by atoms with Crippen molar-refractivity contribution in [2.75, 3.05) is 64.5 Å². The second-order valence-corrected chi connectivity index (χ2v) is 30.3. The molecule has 0 radical (unpaired) electrons. The zero-order chi connectivity index (χ0) is 42.8. The van der Waals surface area contributed by atoms with Crippen LogP contribution in [0.3, 0.4) is 0 Å². The maximum atomic E-state index is 6.25. The summed E-state index contributed by atoms with van der Waals surface area (Å²) in [6.07, 6.45) is 41.1. The van der Waals surface area contributed by atoms with Crippen molar-refractivity contribution in [1.82, 2.24) is 9.13 Å². The van der Waals surface area contributed by atoms with E-state index in [1.165, 1.54) is 230 Å². The predicted molar refractivity (Wildman–Crippen MR) is 280 cm³/mol. The fourth-order valence-corrected chi connectivity index (χ4v) is 19.1. The van der Waals surface area contributed by atoms with Gasteiger partial charge in [-0.2, -0.15) is 0 Å². The van der Waals surface area contributed by atoms with Crippen LogP contribution in [-0.2, 0) is 18.9 Å². The molecule has 2 heterocycles. The molecule has 0 amide bonds. The average Bonchev–Trinajstić information content (AvgIpc) is 3.23. The number of nitrogens with zero attached hydrogens (tertiary/aromatic N) is 2. The molecule has 2 aliphatic heterocycles. The lowest BCUT2D eigenvalue weighted by Crippen LogP contribution is -2.37. The second kappa shape index (κ2) is 44.4. The maximum absolute atomic E-state index is 6.25. The van der Waals surface area contributed by atoms with E-state index in [0.717, 1.165) is 24.3 Å². The first-order valence-corrected chi connectivity index (χ1v) is 34.1. The van der Waals surface area contributed by atoms with Crippen molar-refractivity contribution in [3.63, 3.8) is 0 Å². The van der Waals surface area contributed by atoms with Crippen LogP contribution in [0.15, 0.2) is 0 Å². The predicted octanol–water partition coefficient (Wildman–Crippen LogP) is 14.5. The lowest BCUT2D eigenvalue weighted by atomic mass is 10.1. The van der Waals surface area contributed by atoms with Gasteiger partial charge in [0.25, 0.3) is 0 Å². The normalized spacial score (nSPS) is 22.0. The summed E-state index contributed by atoms with van der Waals surface area (Å²) in [5.41, 5.74) is 1.77. The third-order valence-electron chi connectivity index (χ3n) is 12.7. The molecule has 0 saturated carbocycles. The molecule has 2 fully saturated rings. The van der Waals surface area contributed by atoms with Crippen molar-refractivity contribution in [2.24, 2.45) is 0 Å². The van der Waals surface area contributed by atoms with Gasteiger partial charge in [0.1, 0.15) is 13.6 Å². The summed E-state index contributed by atoms with van der Waals surface area (Å²) in [5.74, 6) is 2.52. The summed E-state index contributed by atoms with van der Waals surface area (Å²) in [4.78, 5) is 0. The van der Waals surface area contributed by atoms with Crippen LogP contribution in [-0.4, -0.2) is 105 Å². The summed E-state index contributed by atoms with van der Waals surface area (Å²) in [6, 6.07) is 0. The highest BCUT2D eigenvalue weighted by Gasteiger charge is 2.21. The minimum Gasteiger partial charge on any atom is -0.355 e. The van der Waals surface area contributed by atoms with Crippen LogP contribution in [0.5, 0.6) is 0 Å². The summed E-state index contributed by atoms with van der Waals surface area (Å²) >= 11 is 0. The molecule has 12 heteroatoms. The van der Waals surface area contributed by atoms with E-state index < -0.39 is 0 Å². The van der Waals surface area contributed by atoms with E-state index in [1.54, 1.807) is 0 Å². The van der Waals surface area contributed by atoms with Crippen LogP contribution in [0, 0.1) is 0 Å². The Balaban J connectivity index is 1.39. The van der Waals surface area contributed by atoms with E-state index in [2.05, 4.69) is 58.4 Å². The fourth-order valence-electron chi connectivity index (χ4n) is 8.81. The Morgan fingerprint density at radius 1 is 0.433 bits per heavy atom. The average molecular weight is 954 g/mol. The van der Waals surface area contributed by atoms with Gasteiger partial charge in [-0.3, -0.25) is 0 Å². The lowest BCUT2D eigenvalue weighted by Gasteiger charge is -2.31. The Morgan fingerprint density at radius 3 is 1.15 bits per heavy atom. The molecule has 0 aromatic heterocycles. The maximum Gasteiger partial charge on any atom is 0.147 e. The van der Waals surface area contributed by atoms with E-state index in [4.69, 9.17) is 18.9 Å². The highest BCUT2D eigenvalue weighted by Crippen LogP contribution is 2.43. The Kier molecular flexibility index (Phi) is 42.7. The SMILES string of the molecule is CCCCCCCCCCCCCOCOC1CCC(C)[SiH2]N(CCCSSSSCCCN2CCC(OCOCCCCCCCCCCCCC)CCC(C)[SiH2]2)CC1. The Bertz CT molecular complexity index is 826. The molecule has 0 aromatic carbocycles. The van der Waals surface area contributed by atoms with Crippen molar-refractivity contribution >= 4 is 60.6 Å². The van der Waals surface area contributed by atoms with Crippen molar-refractivity contribution in [3.05, 3.63) is 0 Å². The molecule has 358 valence electrons. The van der Waals surface area contributed by atoms with Crippen LogP contribution < -0.4 is 0 Å². The lowest BCUT2D eigenvalue weighted by molar-refractivity contribution is -0.0960. The van der Waals surface area contributed by atoms with Crippen molar-refractivity contribution in [2.45, 2.75) is 244 Å². The molecule has 60 heavy (non-hydrogen) atoms. The van der Waals surface area contributed by atoms with E-state index in [1.807, 2.05) is 19.7 Å². The van der Waals surface area contributed by atoms with Crippen LogP contribution in [0.25, 0.3) is 0 Å². The molecule has 6 nitrogen and oxygen atoms in total. The second-order valence-electron chi connectivity index (χ2n) is 18.7. The smallest absolute Gasteiger partial charge is 0.147 e. The summed E-state index contributed by atoms with van der Waals surface area (Å²) in [6.45, 7) is 17.3. The van der Waals surface area contributed by atoms with Crippen LogP contribution >= 0.6 is 41.2 Å². The molecule has 0 aromatic rings. The van der Waals surface area contributed by atoms with Crippen LogP contribution in [0.1, 0.15) is 220 Å². The third-order valence-corrected chi connectivity index (χ3v) is 23.7. The van der Waals surface area contributed by atoms with Gasteiger partial charge in [0.2, 0.25) is 0 Å². The van der Waals surface area contributed by atoms with Gasteiger partial charge in [0, 0.05) is 24.7 Å². The number of hydrogen-bond donors (Lipinski definition) is 0. The zero-order valence-corrected chi connectivity index (χ0v) is 46.3. The van der Waals surface area contributed by atoms with Gasteiger partial charge >= 0.3 is 0 Å². The molecular weight excluding hydrogens is 853 g/mol. The van der Waals surface area contributed by atoms with E-state index >= 15 is 0 Å². The minimum atomic E-state index is -0.158. The van der Waals surface area contributed by atoms with Gasteiger partial charge in [-0.1, -0.05) is 178 Å². The van der Waals surface area contributed by atoms with Crippen molar-refractivity contribution < 1.29 is 18.9 Å². The van der Waals surface area contributed by atoms with Crippen molar-refractivity contribution in [1.29, 1.82) is 0 Å². The van der Waals surface area contributed by atoms with E-state index in [0.29, 0.717) is 25.8 Å². The molecular formula is C48H100N2O4S4Si2. The van der Waals surface area contributed by atoms with Crippen LogP contribution in [0.2, 0.25) is 11.1 Å². The Hall–Kier alpha value is 1.59. The highest BCUT2D eigenvalue weighted by molar-refractivity contribution is 9.26. The first-order chi connectivity index (χ1) is 29.6. The van der Waals surface area contributed by atoms with Gasteiger partial charge < -0.3 is 28.1 Å². The summed E-state index contributed by atoms with van der Waals surface area (Å²) < 4.78 is 30.0. The number of unbranched alkanes of at least 4 members (excludes halogenated alkanes) is 20. The molecule has 2 aliphatic rings. The van der Waals surface area contributed by atoms with Gasteiger partial charge in [-0.25, -0.2) is 0 Å². The first-order valence-electron chi connectivity index (χ1n) is 26.0. The van der Waals surface area contributed by atoms with Gasteiger partial charge in [0.15, 0.2) is 0 Å². The van der Waals surface area contributed by atoms with Gasteiger partial charge in [-0.05, 0) is 121 Å². The summed E-state index contributed by atoms with van der Waals surface area (Å²) in [7, 11) is 7.83. The van der Waals surface area contributed by atoms with E-state index in [-0.39, 0.29) is 19.4 Å². The third kappa shape index (κ3) is 36.8. The highest BCUT2D eigenvalue weighted by atomic mass is 33.7. The molecule has 0 bridgehead atoms. The minimum absolute atomic E-state index is 0.158. The molecule has 0 aliphatic carbocycles. The molecule has 4 unspecified atom stereocenters. The van der Waals surface area contributed by atoms with Gasteiger partial charge in [0.05, 0.1) is 31.6 Å². The standard InChI is InChI=1S/C48H100N2O4S4Si2/c1-5-7-9-11-13-15-17-19-21-23-25-39-51-43-53-47-31-29-45(3)59-49(37-33-47)35-27-41-55-57-58-56-42-28-36-50-38-34-48(32-30-46(4)60-50)54-44-52-40-26-24-22-20-18-16-14-12-10-8-6-2/h45-48H,5-44,59-60H2,1-4H3. The number of hydrogen-bond acceptors (Lipinski definition) is 10. The molecule has 2 saturated heterocycles. The topological polar surface area (TPSA) is 43.4 Å². The Morgan fingerprint density at radius 2 is 0.783 bits per heavy atom. The molecule has 4 atom stereocenters. The fraction of sp³-hybridized carbons (Fsp3) is 1.00. The quantitative estimate of drug-likeness (QED) is 0.0256. The Labute approximate surface area is 394 Å². The molecule has 2 rings (SSSR count). The van der Waals surface area contributed by atoms with Crippen molar-refractivity contribution in [3.8, 4) is 0 Å². The monoisotopic (exact) mass is 953 g/mol. The summed E-state index contributed by atoms with van der Waals surface area (Å²) in [5, 5.41) is 0. The number of rotatable bonds is 41. The zero-order valence-electron chi connectivity index (χ0n) is 40.2. The first kappa shape index (κ1) is 57.7. The largest absolute Gasteiger partial charge is 0.355 e. The van der Waals surface area contributed by atoms with Gasteiger partial charge in [-0.15, -0.1) is 0 Å². The molecule has 0 spiro atoms. The number of ether oxygens (including phenoxy) is 4. The van der Waals surface area contributed by atoms with Crippen LogP contribution in [0.4, 0.5) is 0 Å². The molecule has 0 N–H and O–H groups in total.